The normalized spacial score (nSPS) is 15.2. The number of rotatable bonds is 7. The highest BCUT2D eigenvalue weighted by atomic mass is 35.5. The molecule has 0 atom stereocenters. The summed E-state index contributed by atoms with van der Waals surface area (Å²) in [6, 6.07) is 17.7. The molecule has 2 aromatic carbocycles. The minimum Gasteiger partial charge on any atom is -0.300 e. The van der Waals surface area contributed by atoms with Gasteiger partial charge in [0.25, 0.3) is 5.91 Å². The second-order valence-corrected chi connectivity index (χ2v) is 7.65. The molecule has 0 aromatic heterocycles. The van der Waals surface area contributed by atoms with Gasteiger partial charge in [-0.05, 0) is 23.3 Å². The number of hydrazine groups is 1. The van der Waals surface area contributed by atoms with Crippen molar-refractivity contribution in [1.29, 1.82) is 0 Å². The third-order valence-electron chi connectivity index (χ3n) is 5.01. The molecule has 7 heteroatoms. The van der Waals surface area contributed by atoms with Crippen LogP contribution in [0.15, 0.2) is 60.7 Å². The first-order valence-electron chi connectivity index (χ1n) is 10.1. The number of benzene rings is 2. The van der Waals surface area contributed by atoms with Crippen molar-refractivity contribution >= 4 is 29.5 Å². The van der Waals surface area contributed by atoms with Crippen LogP contribution in [0.5, 0.6) is 0 Å². The maximum atomic E-state index is 12.0. The molecule has 0 aliphatic carbocycles. The van der Waals surface area contributed by atoms with Crippen molar-refractivity contribution in [2.75, 3.05) is 32.7 Å². The van der Waals surface area contributed by atoms with E-state index in [4.69, 9.17) is 11.6 Å². The van der Waals surface area contributed by atoms with Crippen molar-refractivity contribution in [1.82, 2.24) is 20.7 Å². The highest BCUT2D eigenvalue weighted by Gasteiger charge is 2.17. The lowest BCUT2D eigenvalue weighted by atomic mass is 10.2. The summed E-state index contributed by atoms with van der Waals surface area (Å²) in [6.07, 6.45) is 3.29. The quantitative estimate of drug-likeness (QED) is 0.527. The van der Waals surface area contributed by atoms with Gasteiger partial charge in [-0.1, -0.05) is 60.1 Å². The lowest BCUT2D eigenvalue weighted by Gasteiger charge is -2.34. The third-order valence-corrected chi connectivity index (χ3v) is 5.36. The van der Waals surface area contributed by atoms with Gasteiger partial charge in [0.1, 0.15) is 0 Å². The lowest BCUT2D eigenvalue weighted by Crippen LogP contribution is -2.47. The van der Waals surface area contributed by atoms with E-state index in [1.165, 1.54) is 11.6 Å². The summed E-state index contributed by atoms with van der Waals surface area (Å²) in [5.74, 6) is -0.612. The van der Waals surface area contributed by atoms with Crippen molar-refractivity contribution in [3.8, 4) is 0 Å². The standard InChI is InChI=1S/C23H27ClN4O2/c24-21-9-5-4-8-20(21)10-11-22(29)25-26-23(30)12-13-27-14-16-28(17-15-27)18-19-6-2-1-3-7-19/h1-11H,12-18H2,(H,25,29)(H,26,30)/b11-10+. The molecule has 1 heterocycles. The number of halogens is 1. The van der Waals surface area contributed by atoms with Crippen LogP contribution in [0.25, 0.3) is 6.08 Å². The number of carbonyl (C=O) groups is 2. The Balaban J connectivity index is 1.30. The van der Waals surface area contributed by atoms with Crippen LogP contribution in [0.4, 0.5) is 0 Å². The predicted octanol–water partition coefficient (Wildman–Crippen LogP) is 2.71. The summed E-state index contributed by atoms with van der Waals surface area (Å²) >= 11 is 6.04. The average molecular weight is 427 g/mol. The molecule has 0 bridgehead atoms. The van der Waals surface area contributed by atoms with Crippen LogP contribution >= 0.6 is 11.6 Å². The van der Waals surface area contributed by atoms with Crippen LogP contribution in [0.3, 0.4) is 0 Å². The SMILES string of the molecule is O=C(/C=C/c1ccccc1Cl)NNC(=O)CCN1CCN(Cc2ccccc2)CC1. The van der Waals surface area contributed by atoms with Gasteiger partial charge < -0.3 is 4.90 Å². The Morgan fingerprint density at radius 1 is 0.900 bits per heavy atom. The molecule has 0 unspecified atom stereocenters. The van der Waals surface area contributed by atoms with Gasteiger partial charge in [0, 0.05) is 56.8 Å². The molecule has 158 valence electrons. The van der Waals surface area contributed by atoms with E-state index < -0.39 is 5.91 Å². The summed E-state index contributed by atoms with van der Waals surface area (Å²) in [7, 11) is 0. The van der Waals surface area contributed by atoms with Crippen LogP contribution in [-0.4, -0.2) is 54.3 Å². The van der Waals surface area contributed by atoms with Crippen molar-refractivity contribution in [3.63, 3.8) is 0 Å². The van der Waals surface area contributed by atoms with E-state index in [2.05, 4.69) is 44.9 Å². The topological polar surface area (TPSA) is 64.7 Å². The zero-order chi connectivity index (χ0) is 21.2. The fourth-order valence-corrected chi connectivity index (χ4v) is 3.48. The predicted molar refractivity (Wildman–Crippen MR) is 120 cm³/mol. The number of nitrogens with zero attached hydrogens (tertiary/aromatic N) is 2. The van der Waals surface area contributed by atoms with Gasteiger partial charge in [-0.3, -0.25) is 25.3 Å². The second-order valence-electron chi connectivity index (χ2n) is 7.25. The van der Waals surface area contributed by atoms with Gasteiger partial charge in [-0.25, -0.2) is 0 Å². The molecule has 2 N–H and O–H groups in total. The number of carbonyl (C=O) groups excluding carboxylic acids is 2. The Kier molecular flexibility index (Phi) is 8.44. The monoisotopic (exact) mass is 426 g/mol. The van der Waals surface area contributed by atoms with Crippen molar-refractivity contribution in [3.05, 3.63) is 76.8 Å². The maximum Gasteiger partial charge on any atom is 0.262 e. The zero-order valence-corrected chi connectivity index (χ0v) is 17.6. The fraction of sp³-hybridized carbons (Fsp3) is 0.304. The average Bonchev–Trinajstić information content (AvgIpc) is 2.77. The highest BCUT2D eigenvalue weighted by Crippen LogP contribution is 2.16. The van der Waals surface area contributed by atoms with E-state index in [1.807, 2.05) is 24.3 Å². The smallest absolute Gasteiger partial charge is 0.262 e. The summed E-state index contributed by atoms with van der Waals surface area (Å²) in [5.41, 5.74) is 6.92. The Morgan fingerprint density at radius 3 is 2.30 bits per heavy atom. The summed E-state index contributed by atoms with van der Waals surface area (Å²) in [4.78, 5) is 28.6. The molecular weight excluding hydrogens is 400 g/mol. The zero-order valence-electron chi connectivity index (χ0n) is 16.9. The molecule has 1 saturated heterocycles. The Labute approximate surface area is 182 Å². The van der Waals surface area contributed by atoms with Crippen LogP contribution in [0.2, 0.25) is 5.02 Å². The fourth-order valence-electron chi connectivity index (χ4n) is 3.28. The number of hydrogen-bond donors (Lipinski definition) is 2. The Hall–Kier alpha value is -2.67. The molecule has 6 nitrogen and oxygen atoms in total. The number of hydrogen-bond acceptors (Lipinski definition) is 4. The molecular formula is C23H27ClN4O2. The van der Waals surface area contributed by atoms with Crippen molar-refractivity contribution in [2.24, 2.45) is 0 Å². The van der Waals surface area contributed by atoms with Crippen LogP contribution in [-0.2, 0) is 16.1 Å². The number of amides is 2. The minimum atomic E-state index is -0.405. The lowest BCUT2D eigenvalue weighted by molar-refractivity contribution is -0.127. The Bertz CT molecular complexity index is 865. The number of piperazine rings is 1. The van der Waals surface area contributed by atoms with E-state index in [0.717, 1.165) is 38.3 Å². The van der Waals surface area contributed by atoms with E-state index in [0.29, 0.717) is 18.0 Å². The summed E-state index contributed by atoms with van der Waals surface area (Å²) in [5, 5.41) is 0.564. The highest BCUT2D eigenvalue weighted by molar-refractivity contribution is 6.32. The third kappa shape index (κ3) is 7.30. The van der Waals surface area contributed by atoms with Gasteiger partial charge in [0.15, 0.2) is 0 Å². The van der Waals surface area contributed by atoms with Gasteiger partial charge in [0.2, 0.25) is 5.91 Å². The van der Waals surface area contributed by atoms with Crippen LogP contribution in [0, 0.1) is 0 Å². The van der Waals surface area contributed by atoms with E-state index in [1.54, 1.807) is 12.1 Å². The molecule has 0 saturated carbocycles. The molecule has 1 aliphatic rings. The van der Waals surface area contributed by atoms with E-state index in [-0.39, 0.29) is 5.91 Å². The van der Waals surface area contributed by atoms with Gasteiger partial charge >= 0.3 is 0 Å². The largest absolute Gasteiger partial charge is 0.300 e. The molecule has 30 heavy (non-hydrogen) atoms. The summed E-state index contributed by atoms with van der Waals surface area (Å²) < 4.78 is 0. The van der Waals surface area contributed by atoms with Crippen molar-refractivity contribution in [2.45, 2.75) is 13.0 Å². The van der Waals surface area contributed by atoms with E-state index in [9.17, 15) is 9.59 Å². The first-order valence-corrected chi connectivity index (χ1v) is 10.5. The molecule has 0 radical (unpaired) electrons. The number of nitrogens with one attached hydrogen (secondary N) is 2. The minimum absolute atomic E-state index is 0.207. The molecule has 2 amide bonds. The first-order chi connectivity index (χ1) is 14.6. The van der Waals surface area contributed by atoms with Crippen LogP contribution < -0.4 is 10.9 Å². The molecule has 2 aromatic rings. The van der Waals surface area contributed by atoms with Gasteiger partial charge in [0.05, 0.1) is 0 Å². The van der Waals surface area contributed by atoms with Crippen molar-refractivity contribution < 1.29 is 9.59 Å². The molecule has 1 fully saturated rings. The van der Waals surface area contributed by atoms with E-state index >= 15 is 0 Å². The van der Waals surface area contributed by atoms with Gasteiger partial charge in [-0.15, -0.1) is 0 Å². The van der Waals surface area contributed by atoms with Gasteiger partial charge in [-0.2, -0.15) is 0 Å². The molecule has 1 aliphatic heterocycles. The maximum absolute atomic E-state index is 12.0. The van der Waals surface area contributed by atoms with Crippen LogP contribution in [0.1, 0.15) is 17.5 Å². The molecule has 0 spiro atoms. The molecule has 3 rings (SSSR count). The summed E-state index contributed by atoms with van der Waals surface area (Å²) in [6.45, 7) is 5.49. The first kappa shape index (κ1) is 22.0. The Morgan fingerprint density at radius 2 is 1.57 bits per heavy atom. The second kappa shape index (κ2) is 11.5.